The fourth-order valence-electron chi connectivity index (χ4n) is 2.54. The Kier molecular flexibility index (Phi) is 5.34. The Labute approximate surface area is 169 Å². The molecule has 2 heterocycles. The maximum Gasteiger partial charge on any atom is 0.296 e. The SMILES string of the molecule is Cn1c(SCC(=O)Nc2cccc(F)c2)nnc1-c1nc(-c2ccccc2)no1. The predicted octanol–water partition coefficient (Wildman–Crippen LogP) is 3.40. The molecule has 0 saturated carbocycles. The van der Waals surface area contributed by atoms with Crippen LogP contribution in [-0.2, 0) is 11.8 Å². The third-order valence-corrected chi connectivity index (χ3v) is 4.95. The van der Waals surface area contributed by atoms with Gasteiger partial charge in [0.05, 0.1) is 5.75 Å². The van der Waals surface area contributed by atoms with E-state index in [9.17, 15) is 9.18 Å². The summed E-state index contributed by atoms with van der Waals surface area (Å²) in [5, 5.41) is 15.3. The fourth-order valence-corrected chi connectivity index (χ4v) is 3.25. The van der Waals surface area contributed by atoms with Crippen LogP contribution in [0.15, 0.2) is 64.3 Å². The molecule has 8 nitrogen and oxygen atoms in total. The summed E-state index contributed by atoms with van der Waals surface area (Å²) in [5.74, 6) is 0.466. The molecule has 4 aromatic rings. The van der Waals surface area contributed by atoms with Gasteiger partial charge in [-0.3, -0.25) is 4.79 Å². The molecule has 0 radical (unpaired) electrons. The maximum absolute atomic E-state index is 13.2. The minimum Gasteiger partial charge on any atom is -0.330 e. The van der Waals surface area contributed by atoms with Crippen LogP contribution in [0.1, 0.15) is 0 Å². The van der Waals surface area contributed by atoms with E-state index in [1.54, 1.807) is 17.7 Å². The molecule has 1 amide bonds. The fraction of sp³-hybridized carbons (Fsp3) is 0.105. The maximum atomic E-state index is 13.2. The Balaban J connectivity index is 1.42. The predicted molar refractivity (Wildman–Crippen MR) is 105 cm³/mol. The van der Waals surface area contributed by atoms with Gasteiger partial charge in [-0.25, -0.2) is 4.39 Å². The third kappa shape index (κ3) is 4.32. The van der Waals surface area contributed by atoms with E-state index in [2.05, 4.69) is 25.7 Å². The van der Waals surface area contributed by atoms with Crippen LogP contribution >= 0.6 is 11.8 Å². The molecule has 0 unspecified atom stereocenters. The zero-order valence-electron chi connectivity index (χ0n) is 15.2. The number of thioether (sulfide) groups is 1. The number of hydrogen-bond acceptors (Lipinski definition) is 7. The van der Waals surface area contributed by atoms with E-state index in [-0.39, 0.29) is 17.6 Å². The van der Waals surface area contributed by atoms with Crippen molar-refractivity contribution in [2.45, 2.75) is 5.16 Å². The van der Waals surface area contributed by atoms with Crippen molar-refractivity contribution in [3.05, 3.63) is 60.4 Å². The third-order valence-electron chi connectivity index (χ3n) is 3.92. The molecular formula is C19H15FN6O2S. The van der Waals surface area contributed by atoms with Crippen LogP contribution in [0.5, 0.6) is 0 Å². The van der Waals surface area contributed by atoms with Gasteiger partial charge in [-0.1, -0.05) is 53.3 Å². The van der Waals surface area contributed by atoms with Crippen molar-refractivity contribution in [3.8, 4) is 23.1 Å². The summed E-state index contributed by atoms with van der Waals surface area (Å²) in [6.45, 7) is 0. The highest BCUT2D eigenvalue weighted by Crippen LogP contribution is 2.24. The lowest BCUT2D eigenvalue weighted by Crippen LogP contribution is -2.14. The standard InChI is InChI=1S/C19H15FN6O2S/c1-26-17(18-22-16(25-28-18)12-6-3-2-4-7-12)23-24-19(26)29-11-15(27)21-14-9-5-8-13(20)10-14/h2-10H,11H2,1H3,(H,21,27). The summed E-state index contributed by atoms with van der Waals surface area (Å²) in [6.07, 6.45) is 0. The minimum absolute atomic E-state index is 0.0849. The normalized spacial score (nSPS) is 10.8. The van der Waals surface area contributed by atoms with Crippen LogP contribution in [0, 0.1) is 5.82 Å². The number of nitrogens with zero attached hydrogens (tertiary/aromatic N) is 5. The molecule has 0 aliphatic heterocycles. The monoisotopic (exact) mass is 410 g/mol. The smallest absolute Gasteiger partial charge is 0.296 e. The number of benzene rings is 2. The molecule has 0 saturated heterocycles. The number of amides is 1. The number of carbonyl (C=O) groups is 1. The number of carbonyl (C=O) groups excluding carboxylic acids is 1. The van der Waals surface area contributed by atoms with Gasteiger partial charge < -0.3 is 14.4 Å². The average Bonchev–Trinajstić information content (AvgIpc) is 3.34. The first-order chi connectivity index (χ1) is 14.1. The molecule has 0 aliphatic rings. The van der Waals surface area contributed by atoms with Gasteiger partial charge in [0, 0.05) is 18.3 Å². The van der Waals surface area contributed by atoms with Crippen molar-refractivity contribution in [1.82, 2.24) is 24.9 Å². The first-order valence-electron chi connectivity index (χ1n) is 8.57. The summed E-state index contributed by atoms with van der Waals surface area (Å²) < 4.78 is 20.2. The quantitative estimate of drug-likeness (QED) is 0.486. The Morgan fingerprint density at radius 3 is 2.79 bits per heavy atom. The molecule has 0 atom stereocenters. The van der Waals surface area contributed by atoms with Gasteiger partial charge in [-0.15, -0.1) is 10.2 Å². The highest BCUT2D eigenvalue weighted by molar-refractivity contribution is 7.99. The van der Waals surface area contributed by atoms with Gasteiger partial charge in [0.1, 0.15) is 5.82 Å². The van der Waals surface area contributed by atoms with Crippen LogP contribution in [0.4, 0.5) is 10.1 Å². The molecule has 0 fully saturated rings. The van der Waals surface area contributed by atoms with E-state index in [0.717, 1.165) is 5.56 Å². The number of anilines is 1. The second-order valence-corrected chi connectivity index (χ2v) is 6.94. The van der Waals surface area contributed by atoms with Crippen molar-refractivity contribution in [3.63, 3.8) is 0 Å². The molecular weight excluding hydrogens is 395 g/mol. The number of nitrogens with one attached hydrogen (secondary N) is 1. The Bertz CT molecular complexity index is 1140. The number of aromatic nitrogens is 5. The molecule has 2 aromatic heterocycles. The highest BCUT2D eigenvalue weighted by Gasteiger charge is 2.19. The van der Waals surface area contributed by atoms with Crippen LogP contribution in [0.25, 0.3) is 23.1 Å². The largest absolute Gasteiger partial charge is 0.330 e. The van der Waals surface area contributed by atoms with Gasteiger partial charge in [0.15, 0.2) is 5.16 Å². The summed E-state index contributed by atoms with van der Waals surface area (Å²) in [4.78, 5) is 16.5. The van der Waals surface area contributed by atoms with Crippen molar-refractivity contribution in [2.75, 3.05) is 11.1 Å². The molecule has 4 rings (SSSR count). The van der Waals surface area contributed by atoms with Crippen LogP contribution in [0.3, 0.4) is 0 Å². The van der Waals surface area contributed by atoms with Gasteiger partial charge in [-0.2, -0.15) is 4.98 Å². The average molecular weight is 410 g/mol. The van der Waals surface area contributed by atoms with Gasteiger partial charge >= 0.3 is 0 Å². The second kappa shape index (κ2) is 8.23. The van der Waals surface area contributed by atoms with Crippen molar-refractivity contribution < 1.29 is 13.7 Å². The first kappa shape index (κ1) is 18.8. The van der Waals surface area contributed by atoms with E-state index in [4.69, 9.17) is 4.52 Å². The molecule has 146 valence electrons. The van der Waals surface area contributed by atoms with Crippen molar-refractivity contribution in [1.29, 1.82) is 0 Å². The van der Waals surface area contributed by atoms with Crippen LogP contribution in [-0.4, -0.2) is 36.6 Å². The van der Waals surface area contributed by atoms with E-state index in [1.807, 2.05) is 30.3 Å². The molecule has 0 aliphatic carbocycles. The van der Waals surface area contributed by atoms with Gasteiger partial charge in [0.25, 0.3) is 5.89 Å². The number of hydrogen-bond donors (Lipinski definition) is 1. The Morgan fingerprint density at radius 1 is 1.17 bits per heavy atom. The van der Waals surface area contributed by atoms with E-state index in [0.29, 0.717) is 22.5 Å². The molecule has 0 bridgehead atoms. The first-order valence-corrected chi connectivity index (χ1v) is 9.56. The molecule has 29 heavy (non-hydrogen) atoms. The second-order valence-electron chi connectivity index (χ2n) is 6.00. The zero-order valence-corrected chi connectivity index (χ0v) is 16.1. The van der Waals surface area contributed by atoms with Crippen LogP contribution < -0.4 is 5.32 Å². The molecule has 2 aromatic carbocycles. The van der Waals surface area contributed by atoms with E-state index >= 15 is 0 Å². The van der Waals surface area contributed by atoms with E-state index in [1.165, 1.54) is 30.0 Å². The van der Waals surface area contributed by atoms with Crippen molar-refractivity contribution >= 4 is 23.4 Å². The number of rotatable bonds is 6. The lowest BCUT2D eigenvalue weighted by Gasteiger charge is -2.05. The lowest BCUT2D eigenvalue weighted by atomic mass is 10.2. The zero-order chi connectivity index (χ0) is 20.2. The number of halogens is 1. The topological polar surface area (TPSA) is 98.7 Å². The molecule has 10 heteroatoms. The summed E-state index contributed by atoms with van der Waals surface area (Å²) in [5.41, 5.74) is 1.22. The minimum atomic E-state index is -0.414. The molecule has 0 spiro atoms. The lowest BCUT2D eigenvalue weighted by molar-refractivity contribution is -0.113. The Hall–Kier alpha value is -3.53. The highest BCUT2D eigenvalue weighted by atomic mass is 32.2. The van der Waals surface area contributed by atoms with Gasteiger partial charge in [0.2, 0.25) is 17.6 Å². The Morgan fingerprint density at radius 2 is 2.00 bits per heavy atom. The van der Waals surface area contributed by atoms with E-state index < -0.39 is 5.82 Å². The van der Waals surface area contributed by atoms with Crippen LogP contribution in [0.2, 0.25) is 0 Å². The summed E-state index contributed by atoms with van der Waals surface area (Å²) >= 11 is 1.19. The van der Waals surface area contributed by atoms with Crippen molar-refractivity contribution in [2.24, 2.45) is 7.05 Å². The molecule has 1 N–H and O–H groups in total. The van der Waals surface area contributed by atoms with Gasteiger partial charge in [-0.05, 0) is 18.2 Å². The summed E-state index contributed by atoms with van der Waals surface area (Å²) in [7, 11) is 1.74. The summed E-state index contributed by atoms with van der Waals surface area (Å²) in [6, 6.07) is 15.1.